The van der Waals surface area contributed by atoms with Crippen LogP contribution in [0.15, 0.2) is 22.5 Å². The average Bonchev–Trinajstić information content (AvgIpc) is 2.46. The van der Waals surface area contributed by atoms with Gasteiger partial charge in [-0.1, -0.05) is 6.07 Å². The maximum absolute atomic E-state index is 10.7. The van der Waals surface area contributed by atoms with E-state index in [1.54, 1.807) is 0 Å². The van der Waals surface area contributed by atoms with Crippen molar-refractivity contribution in [1.29, 1.82) is 0 Å². The summed E-state index contributed by atoms with van der Waals surface area (Å²) in [7, 11) is 0. The summed E-state index contributed by atoms with van der Waals surface area (Å²) in [5.74, 6) is 0. The third kappa shape index (κ3) is 1.63. The van der Waals surface area contributed by atoms with Gasteiger partial charge in [-0.2, -0.15) is 0 Å². The standard InChI is InChI=1S/C8H7NO2S2/c1-5-2-3-6-7(4-5)12-8(9-6)13(10)11/h2-4H,1H3,(H,10,11). The van der Waals surface area contributed by atoms with E-state index in [9.17, 15) is 4.21 Å². The maximum Gasteiger partial charge on any atom is 0.216 e. The largest absolute Gasteiger partial charge is 0.300 e. The van der Waals surface area contributed by atoms with Gasteiger partial charge in [-0.05, 0) is 24.6 Å². The molecule has 3 nitrogen and oxygen atoms in total. The zero-order valence-electron chi connectivity index (χ0n) is 6.85. The van der Waals surface area contributed by atoms with Gasteiger partial charge in [-0.15, -0.1) is 11.3 Å². The van der Waals surface area contributed by atoms with Crippen LogP contribution in [0.5, 0.6) is 0 Å². The number of fused-ring (bicyclic) bond motifs is 1. The van der Waals surface area contributed by atoms with Gasteiger partial charge in [0.25, 0.3) is 0 Å². The fourth-order valence-corrected chi connectivity index (χ4v) is 2.61. The van der Waals surface area contributed by atoms with Crippen molar-refractivity contribution < 1.29 is 8.76 Å². The molecular weight excluding hydrogens is 206 g/mol. The van der Waals surface area contributed by atoms with Crippen molar-refractivity contribution in [2.75, 3.05) is 0 Å². The molecule has 1 atom stereocenters. The molecule has 1 N–H and O–H groups in total. The van der Waals surface area contributed by atoms with E-state index in [1.807, 2.05) is 25.1 Å². The molecule has 0 radical (unpaired) electrons. The number of aromatic nitrogens is 1. The van der Waals surface area contributed by atoms with Crippen LogP contribution in [0.25, 0.3) is 10.2 Å². The fourth-order valence-electron chi connectivity index (χ4n) is 1.09. The smallest absolute Gasteiger partial charge is 0.216 e. The Morgan fingerprint density at radius 2 is 2.31 bits per heavy atom. The van der Waals surface area contributed by atoms with E-state index in [0.29, 0.717) is 0 Å². The Labute approximate surface area is 81.7 Å². The van der Waals surface area contributed by atoms with Gasteiger partial charge in [-0.3, -0.25) is 0 Å². The number of nitrogens with zero attached hydrogens (tertiary/aromatic N) is 1. The van der Waals surface area contributed by atoms with E-state index in [2.05, 4.69) is 4.98 Å². The highest BCUT2D eigenvalue weighted by molar-refractivity contribution is 7.81. The Kier molecular flexibility index (Phi) is 2.15. The van der Waals surface area contributed by atoms with Crippen molar-refractivity contribution in [2.24, 2.45) is 0 Å². The minimum atomic E-state index is -1.96. The highest BCUT2D eigenvalue weighted by Crippen LogP contribution is 2.24. The average molecular weight is 213 g/mol. The van der Waals surface area contributed by atoms with Crippen LogP contribution in [0.4, 0.5) is 0 Å². The molecule has 2 aromatic rings. The zero-order valence-corrected chi connectivity index (χ0v) is 8.48. The summed E-state index contributed by atoms with van der Waals surface area (Å²) in [5, 5.41) is 0. The highest BCUT2D eigenvalue weighted by Gasteiger charge is 2.07. The molecule has 0 amide bonds. The fraction of sp³-hybridized carbons (Fsp3) is 0.125. The number of benzene rings is 1. The van der Waals surface area contributed by atoms with E-state index in [1.165, 1.54) is 11.3 Å². The van der Waals surface area contributed by atoms with Crippen LogP contribution in [0.2, 0.25) is 0 Å². The van der Waals surface area contributed by atoms with Gasteiger partial charge >= 0.3 is 0 Å². The quantitative estimate of drug-likeness (QED) is 0.739. The van der Waals surface area contributed by atoms with E-state index < -0.39 is 11.1 Å². The lowest BCUT2D eigenvalue weighted by atomic mass is 10.2. The van der Waals surface area contributed by atoms with E-state index in [4.69, 9.17) is 4.55 Å². The van der Waals surface area contributed by atoms with Gasteiger partial charge in [0.1, 0.15) is 0 Å². The van der Waals surface area contributed by atoms with Crippen LogP contribution in [-0.2, 0) is 11.1 Å². The molecule has 1 heterocycles. The molecule has 0 spiro atoms. The molecular formula is C8H7NO2S2. The zero-order chi connectivity index (χ0) is 9.42. The summed E-state index contributed by atoms with van der Waals surface area (Å²) in [6.07, 6.45) is 0. The van der Waals surface area contributed by atoms with Gasteiger partial charge in [0.05, 0.1) is 10.2 Å². The van der Waals surface area contributed by atoms with Gasteiger partial charge in [0, 0.05) is 0 Å². The molecule has 1 aromatic carbocycles. The molecule has 0 aliphatic rings. The van der Waals surface area contributed by atoms with Crippen LogP contribution in [0.3, 0.4) is 0 Å². The lowest BCUT2D eigenvalue weighted by Gasteiger charge is -1.88. The minimum absolute atomic E-state index is 0.264. The van der Waals surface area contributed by atoms with Crippen molar-refractivity contribution in [2.45, 2.75) is 11.3 Å². The second-order valence-electron chi connectivity index (χ2n) is 2.70. The van der Waals surface area contributed by atoms with Crippen LogP contribution in [0.1, 0.15) is 5.56 Å². The Morgan fingerprint density at radius 3 is 3.00 bits per heavy atom. The molecule has 0 aliphatic heterocycles. The van der Waals surface area contributed by atoms with E-state index >= 15 is 0 Å². The first-order valence-electron chi connectivity index (χ1n) is 3.65. The predicted molar refractivity (Wildman–Crippen MR) is 53.4 cm³/mol. The number of rotatable bonds is 1. The predicted octanol–water partition coefficient (Wildman–Crippen LogP) is 2.19. The summed E-state index contributed by atoms with van der Waals surface area (Å²) < 4.78 is 20.7. The molecule has 0 saturated carbocycles. The van der Waals surface area contributed by atoms with E-state index in [0.717, 1.165) is 15.8 Å². The number of hydrogen-bond donors (Lipinski definition) is 1. The summed E-state index contributed by atoms with van der Waals surface area (Å²) in [6, 6.07) is 5.76. The molecule has 2 rings (SSSR count). The van der Waals surface area contributed by atoms with Crippen LogP contribution in [0, 0.1) is 6.92 Å². The second-order valence-corrected chi connectivity index (χ2v) is 4.87. The SMILES string of the molecule is Cc1ccc2nc(S(=O)O)sc2c1. The number of aryl methyl sites for hydroxylation is 1. The second kappa shape index (κ2) is 3.17. The Morgan fingerprint density at radius 1 is 1.54 bits per heavy atom. The maximum atomic E-state index is 10.7. The molecule has 0 aliphatic carbocycles. The topological polar surface area (TPSA) is 50.2 Å². The molecule has 0 bridgehead atoms. The van der Waals surface area contributed by atoms with Crippen LogP contribution < -0.4 is 0 Å². The lowest BCUT2D eigenvalue weighted by molar-refractivity contribution is 0.564. The Balaban J connectivity index is 2.68. The van der Waals surface area contributed by atoms with Crippen LogP contribution in [-0.4, -0.2) is 13.7 Å². The lowest BCUT2D eigenvalue weighted by Crippen LogP contribution is -1.84. The van der Waals surface area contributed by atoms with Crippen molar-refractivity contribution in [1.82, 2.24) is 4.98 Å². The highest BCUT2D eigenvalue weighted by atomic mass is 32.2. The minimum Gasteiger partial charge on any atom is -0.300 e. The third-order valence-electron chi connectivity index (χ3n) is 1.67. The summed E-state index contributed by atoms with van der Waals surface area (Å²) >= 11 is -0.703. The van der Waals surface area contributed by atoms with Gasteiger partial charge in [0.2, 0.25) is 15.4 Å². The van der Waals surface area contributed by atoms with Crippen molar-refractivity contribution in [3.8, 4) is 0 Å². The Bertz CT molecular complexity index is 478. The van der Waals surface area contributed by atoms with Gasteiger partial charge < -0.3 is 4.55 Å². The molecule has 0 saturated heterocycles. The first-order valence-corrected chi connectivity index (χ1v) is 5.57. The molecule has 68 valence electrons. The van der Waals surface area contributed by atoms with Gasteiger partial charge in [0.15, 0.2) is 0 Å². The summed E-state index contributed by atoms with van der Waals surface area (Å²) in [4.78, 5) is 4.02. The van der Waals surface area contributed by atoms with E-state index in [-0.39, 0.29) is 4.34 Å². The summed E-state index contributed by atoms with van der Waals surface area (Å²) in [5.41, 5.74) is 1.92. The summed E-state index contributed by atoms with van der Waals surface area (Å²) in [6.45, 7) is 1.98. The first kappa shape index (κ1) is 8.80. The number of hydrogen-bond acceptors (Lipinski definition) is 3. The first-order chi connectivity index (χ1) is 6.16. The third-order valence-corrected chi connectivity index (χ3v) is 3.55. The molecule has 5 heteroatoms. The number of thiazole rings is 1. The van der Waals surface area contributed by atoms with Crippen molar-refractivity contribution in [3.05, 3.63) is 23.8 Å². The van der Waals surface area contributed by atoms with Crippen LogP contribution >= 0.6 is 11.3 Å². The molecule has 1 unspecified atom stereocenters. The Hall–Kier alpha value is -0.780. The van der Waals surface area contributed by atoms with Gasteiger partial charge in [-0.25, -0.2) is 9.19 Å². The van der Waals surface area contributed by atoms with Crippen molar-refractivity contribution in [3.63, 3.8) is 0 Å². The molecule has 1 aromatic heterocycles. The molecule has 13 heavy (non-hydrogen) atoms. The monoisotopic (exact) mass is 213 g/mol. The van der Waals surface area contributed by atoms with Crippen molar-refractivity contribution >= 4 is 32.6 Å². The normalized spacial score (nSPS) is 13.4. The molecule has 0 fully saturated rings.